The van der Waals surface area contributed by atoms with Gasteiger partial charge in [-0.05, 0) is 18.5 Å². The highest BCUT2D eigenvalue weighted by Gasteiger charge is 2.18. The van der Waals surface area contributed by atoms with E-state index < -0.39 is 0 Å². The van der Waals surface area contributed by atoms with Crippen LogP contribution in [-0.2, 0) is 18.4 Å². The van der Waals surface area contributed by atoms with E-state index in [4.69, 9.17) is 18.4 Å². The fourth-order valence-electron chi connectivity index (χ4n) is 1.94. The van der Waals surface area contributed by atoms with Gasteiger partial charge in [-0.15, -0.1) is 0 Å². The van der Waals surface area contributed by atoms with Crippen molar-refractivity contribution < 1.29 is 23.5 Å². The monoisotopic (exact) mass is 406 g/mol. The van der Waals surface area contributed by atoms with E-state index in [0.29, 0.717) is 18.5 Å². The van der Waals surface area contributed by atoms with Crippen LogP contribution in [0.5, 0.6) is 0 Å². The second kappa shape index (κ2) is 14.6. The number of aliphatic hydroxyl groups is 1. The maximum atomic E-state index is 9.19. The molecule has 0 atom stereocenters. The average Bonchev–Trinajstić information content (AvgIpc) is 2.67. The zero-order valence-corrected chi connectivity index (χ0v) is 17.2. The molecule has 1 heterocycles. The van der Waals surface area contributed by atoms with Crippen molar-refractivity contribution in [3.63, 3.8) is 0 Å². The molecule has 12 heteroatoms. The van der Waals surface area contributed by atoms with Crippen LogP contribution < -0.4 is 15.1 Å². The molecule has 156 valence electrons. The van der Waals surface area contributed by atoms with Crippen molar-refractivity contribution in [3.8, 4) is 0 Å². The number of nitrogens with zero attached hydrogens (tertiary/aromatic N) is 5. The van der Waals surface area contributed by atoms with Crippen molar-refractivity contribution in [2.45, 2.75) is 19.8 Å². The molecular formula is C15H30N6O5S. The number of nitrogens with one attached hydrogen (secondary N) is 1. The van der Waals surface area contributed by atoms with Gasteiger partial charge >= 0.3 is 0 Å². The summed E-state index contributed by atoms with van der Waals surface area (Å²) in [5.41, 5.74) is 0. The van der Waals surface area contributed by atoms with Crippen molar-refractivity contribution in [3.05, 3.63) is 0 Å². The molecule has 11 nitrogen and oxygen atoms in total. The fraction of sp³-hybridized carbons (Fsp3) is 0.800. The first-order valence-electron chi connectivity index (χ1n) is 8.52. The average molecular weight is 407 g/mol. The van der Waals surface area contributed by atoms with Crippen LogP contribution >= 0.6 is 12.0 Å². The molecule has 2 N–H and O–H groups in total. The van der Waals surface area contributed by atoms with Gasteiger partial charge in [-0.1, -0.05) is 13.3 Å². The minimum absolute atomic E-state index is 0.217. The first kappa shape index (κ1) is 23.6. The summed E-state index contributed by atoms with van der Waals surface area (Å²) in [6.07, 6.45) is 3.83. The van der Waals surface area contributed by atoms with Crippen LogP contribution in [0.25, 0.3) is 0 Å². The second-order valence-electron chi connectivity index (χ2n) is 5.31. The standard InChI is InChI=1S/C15H30N6O5S/c1-5-6-7-25-11-20(9-23-2)14-17-13(16-8-22)18-15(19-14)21(10-24-3)12-26-27-4/h22H,5-12H2,1-4H3,(H,16,17,18,19). The second-order valence-corrected chi connectivity index (χ2v) is 5.88. The van der Waals surface area contributed by atoms with Gasteiger partial charge in [0.25, 0.3) is 0 Å². The molecule has 0 fully saturated rings. The molecule has 0 aliphatic carbocycles. The Morgan fingerprint density at radius 2 is 1.63 bits per heavy atom. The normalized spacial score (nSPS) is 10.9. The summed E-state index contributed by atoms with van der Waals surface area (Å²) >= 11 is 1.22. The van der Waals surface area contributed by atoms with Crippen molar-refractivity contribution in [2.24, 2.45) is 0 Å². The Hall–Kier alpha value is -1.44. The number of hydrogen-bond donors (Lipinski definition) is 2. The van der Waals surface area contributed by atoms with Gasteiger partial charge in [-0.2, -0.15) is 15.0 Å². The Labute approximate surface area is 164 Å². The zero-order valence-electron chi connectivity index (χ0n) is 16.4. The quantitative estimate of drug-likeness (QED) is 0.232. The molecule has 0 radical (unpaired) electrons. The third kappa shape index (κ3) is 8.86. The Morgan fingerprint density at radius 3 is 2.15 bits per heavy atom. The van der Waals surface area contributed by atoms with Gasteiger partial charge < -0.3 is 24.6 Å². The minimum Gasteiger partial charge on any atom is -0.376 e. The molecule has 1 aromatic heterocycles. The van der Waals surface area contributed by atoms with Crippen molar-refractivity contribution in [1.29, 1.82) is 0 Å². The summed E-state index contributed by atoms with van der Waals surface area (Å²) in [4.78, 5) is 16.5. The summed E-state index contributed by atoms with van der Waals surface area (Å²) in [7, 11) is 3.15. The maximum absolute atomic E-state index is 9.19. The molecule has 1 rings (SSSR count). The Morgan fingerprint density at radius 1 is 1.00 bits per heavy atom. The molecule has 0 bridgehead atoms. The Balaban J connectivity index is 3.07. The maximum Gasteiger partial charge on any atom is 0.235 e. The van der Waals surface area contributed by atoms with E-state index in [-0.39, 0.29) is 39.6 Å². The molecule has 1 aromatic rings. The minimum atomic E-state index is -0.314. The number of aliphatic hydroxyl groups excluding tert-OH is 1. The molecule has 0 amide bonds. The lowest BCUT2D eigenvalue weighted by molar-refractivity contribution is 0.101. The topological polar surface area (TPSA) is 114 Å². The van der Waals surface area contributed by atoms with Gasteiger partial charge in [-0.3, -0.25) is 14.0 Å². The van der Waals surface area contributed by atoms with Gasteiger partial charge in [-0.25, -0.2) is 0 Å². The van der Waals surface area contributed by atoms with Crippen LogP contribution in [0, 0.1) is 0 Å². The zero-order chi connectivity index (χ0) is 19.9. The summed E-state index contributed by atoms with van der Waals surface area (Å²) in [6.45, 7) is 3.36. The van der Waals surface area contributed by atoms with Crippen LogP contribution in [0.2, 0.25) is 0 Å². The molecule has 0 saturated heterocycles. The molecule has 0 saturated carbocycles. The third-order valence-corrected chi connectivity index (χ3v) is 3.54. The summed E-state index contributed by atoms with van der Waals surface area (Å²) in [5, 5.41) is 11.9. The predicted molar refractivity (Wildman–Crippen MR) is 104 cm³/mol. The van der Waals surface area contributed by atoms with E-state index >= 15 is 0 Å². The number of methoxy groups -OCH3 is 2. The SMILES string of the molecule is CCCCOCN(COC)c1nc(NCO)nc(N(COC)COSC)n1. The van der Waals surface area contributed by atoms with E-state index in [9.17, 15) is 5.11 Å². The van der Waals surface area contributed by atoms with E-state index in [1.807, 2.05) is 6.26 Å². The van der Waals surface area contributed by atoms with Crippen LogP contribution in [0.3, 0.4) is 0 Å². The molecule has 0 aliphatic heterocycles. The van der Waals surface area contributed by atoms with E-state index in [0.717, 1.165) is 12.8 Å². The van der Waals surface area contributed by atoms with E-state index in [1.54, 1.807) is 24.0 Å². The highest BCUT2D eigenvalue weighted by Crippen LogP contribution is 2.17. The van der Waals surface area contributed by atoms with E-state index in [2.05, 4.69) is 27.2 Å². The summed E-state index contributed by atoms with van der Waals surface area (Å²) < 4.78 is 21.5. The first-order chi connectivity index (χ1) is 13.2. The van der Waals surface area contributed by atoms with Crippen LogP contribution in [0.1, 0.15) is 19.8 Å². The number of rotatable bonds is 16. The number of anilines is 3. The number of unbranched alkanes of at least 4 members (excludes halogenated alkanes) is 1. The molecule has 27 heavy (non-hydrogen) atoms. The van der Waals surface area contributed by atoms with Crippen LogP contribution in [0.4, 0.5) is 17.8 Å². The molecule has 0 spiro atoms. The van der Waals surface area contributed by atoms with E-state index in [1.165, 1.54) is 12.0 Å². The molecule has 0 aromatic carbocycles. The summed E-state index contributed by atoms with van der Waals surface area (Å²) in [6, 6.07) is 0. The van der Waals surface area contributed by atoms with Crippen molar-refractivity contribution in [1.82, 2.24) is 15.0 Å². The Kier molecular flexibility index (Phi) is 12.8. The van der Waals surface area contributed by atoms with Crippen LogP contribution in [0.15, 0.2) is 0 Å². The van der Waals surface area contributed by atoms with Crippen molar-refractivity contribution in [2.75, 3.05) is 75.9 Å². The predicted octanol–water partition coefficient (Wildman–Crippen LogP) is 1.08. The Bertz CT molecular complexity index is 516. The van der Waals surface area contributed by atoms with Gasteiger partial charge in [0, 0.05) is 27.1 Å². The van der Waals surface area contributed by atoms with Gasteiger partial charge in [0.15, 0.2) is 0 Å². The van der Waals surface area contributed by atoms with Crippen LogP contribution in [-0.4, -0.2) is 80.8 Å². The third-order valence-electron chi connectivity index (χ3n) is 3.20. The lowest BCUT2D eigenvalue weighted by Gasteiger charge is -2.25. The number of hydrogen-bond acceptors (Lipinski definition) is 12. The highest BCUT2D eigenvalue weighted by molar-refractivity contribution is 7.93. The molecule has 0 unspecified atom stereocenters. The fourth-order valence-corrected chi connectivity index (χ4v) is 2.17. The lowest BCUT2D eigenvalue weighted by Crippen LogP contribution is -2.33. The number of ether oxygens (including phenoxy) is 3. The van der Waals surface area contributed by atoms with Gasteiger partial charge in [0.1, 0.15) is 33.7 Å². The highest BCUT2D eigenvalue weighted by atomic mass is 32.2. The van der Waals surface area contributed by atoms with Gasteiger partial charge in [0.2, 0.25) is 17.8 Å². The number of aromatic nitrogens is 3. The van der Waals surface area contributed by atoms with Gasteiger partial charge in [0.05, 0.1) is 0 Å². The lowest BCUT2D eigenvalue weighted by atomic mass is 10.4. The smallest absolute Gasteiger partial charge is 0.235 e. The molecule has 0 aliphatic rings. The van der Waals surface area contributed by atoms with Crippen molar-refractivity contribution >= 4 is 29.9 Å². The summed E-state index contributed by atoms with van der Waals surface area (Å²) in [5.74, 6) is 0.901. The first-order valence-corrected chi connectivity index (χ1v) is 9.67. The largest absolute Gasteiger partial charge is 0.376 e. The molecular weight excluding hydrogens is 376 g/mol.